The first-order chi connectivity index (χ1) is 13.1. The van der Waals surface area contributed by atoms with E-state index in [0.717, 1.165) is 5.56 Å². The van der Waals surface area contributed by atoms with Crippen LogP contribution in [0.1, 0.15) is 46.1 Å². The topological polar surface area (TPSA) is 85.3 Å². The lowest BCUT2D eigenvalue weighted by atomic mass is 9.73. The molecule has 0 saturated carbocycles. The van der Waals surface area contributed by atoms with E-state index in [-0.39, 0.29) is 12.2 Å². The molecule has 0 aromatic heterocycles. The average molecular weight is 386 g/mol. The number of methoxy groups -OCH3 is 1. The summed E-state index contributed by atoms with van der Waals surface area (Å²) in [7, 11) is 1.32. The van der Waals surface area contributed by atoms with Crippen LogP contribution in [0.3, 0.4) is 0 Å². The Bertz CT molecular complexity index is 841. The summed E-state index contributed by atoms with van der Waals surface area (Å²) in [5, 5.41) is 0. The van der Waals surface area contributed by atoms with E-state index >= 15 is 0 Å². The number of ketones is 1. The minimum atomic E-state index is -0.738. The maximum atomic E-state index is 13.1. The van der Waals surface area contributed by atoms with Gasteiger partial charge in [0.1, 0.15) is 17.4 Å². The predicted molar refractivity (Wildman–Crippen MR) is 105 cm³/mol. The number of para-hydroxylation sites is 1. The first-order valence-corrected chi connectivity index (χ1v) is 9.32. The number of aliphatic imine (C=N–C) groups is 1. The Balaban J connectivity index is 2.09. The quantitative estimate of drug-likeness (QED) is 0.746. The molecule has 3 atom stereocenters. The largest absolute Gasteiger partial charge is 0.467 e. The zero-order chi connectivity index (χ0) is 20.7. The molecule has 0 bridgehead atoms. The van der Waals surface area contributed by atoms with Gasteiger partial charge in [0.2, 0.25) is 0 Å². The summed E-state index contributed by atoms with van der Waals surface area (Å²) < 4.78 is 10.5. The normalized spacial score (nSPS) is 25.7. The molecule has 1 aromatic rings. The van der Waals surface area contributed by atoms with Gasteiger partial charge in [-0.25, -0.2) is 9.59 Å². The van der Waals surface area contributed by atoms with Crippen LogP contribution in [0.2, 0.25) is 0 Å². The number of benzene rings is 1. The Labute approximate surface area is 164 Å². The number of amides is 1. The highest BCUT2D eigenvalue weighted by atomic mass is 16.6. The molecule has 2 aliphatic heterocycles. The predicted octanol–water partition coefficient (Wildman–Crippen LogP) is 3.04. The van der Waals surface area contributed by atoms with Crippen molar-refractivity contribution >= 4 is 29.7 Å². The van der Waals surface area contributed by atoms with Crippen molar-refractivity contribution in [1.82, 2.24) is 0 Å². The monoisotopic (exact) mass is 386 g/mol. The van der Waals surface area contributed by atoms with Crippen LogP contribution in [0.4, 0.5) is 10.5 Å². The van der Waals surface area contributed by atoms with Gasteiger partial charge in [-0.1, -0.05) is 18.2 Å². The van der Waals surface area contributed by atoms with Crippen molar-refractivity contribution in [3.8, 4) is 0 Å². The number of carbonyl (C=O) groups excluding carboxylic acids is 3. The summed E-state index contributed by atoms with van der Waals surface area (Å²) in [6, 6.07) is 6.29. The van der Waals surface area contributed by atoms with Gasteiger partial charge in [0, 0.05) is 12.6 Å². The first kappa shape index (κ1) is 20.0. The minimum absolute atomic E-state index is 0.0549. The van der Waals surface area contributed by atoms with Crippen LogP contribution in [0.15, 0.2) is 29.3 Å². The Hall–Kier alpha value is -2.70. The van der Waals surface area contributed by atoms with E-state index in [1.165, 1.54) is 14.0 Å². The first-order valence-electron chi connectivity index (χ1n) is 9.32. The van der Waals surface area contributed by atoms with E-state index in [0.29, 0.717) is 12.1 Å². The van der Waals surface area contributed by atoms with Gasteiger partial charge >= 0.3 is 12.1 Å². The third-order valence-corrected chi connectivity index (χ3v) is 5.13. The lowest BCUT2D eigenvalue weighted by Crippen LogP contribution is -2.50. The molecule has 7 nitrogen and oxygen atoms in total. The molecule has 3 rings (SSSR count). The summed E-state index contributed by atoms with van der Waals surface area (Å²) in [5.41, 5.74) is 0.126. The second kappa shape index (κ2) is 7.04. The van der Waals surface area contributed by atoms with Gasteiger partial charge in [0.05, 0.1) is 24.3 Å². The summed E-state index contributed by atoms with van der Waals surface area (Å²) >= 11 is 0. The molecule has 150 valence electrons. The highest BCUT2D eigenvalue weighted by Gasteiger charge is 2.56. The number of carbonyl (C=O) groups is 3. The number of hydrogen-bond donors (Lipinski definition) is 0. The maximum Gasteiger partial charge on any atom is 0.415 e. The average Bonchev–Trinajstić information content (AvgIpc) is 3.15. The second-order valence-electron chi connectivity index (χ2n) is 8.35. The fourth-order valence-electron chi connectivity index (χ4n) is 4.07. The molecule has 0 fully saturated rings. The van der Waals surface area contributed by atoms with Gasteiger partial charge in [-0.15, -0.1) is 0 Å². The molecule has 0 aliphatic carbocycles. The highest BCUT2D eigenvalue weighted by Crippen LogP contribution is 2.51. The van der Waals surface area contributed by atoms with Crippen LogP contribution >= 0.6 is 0 Å². The number of Topliss-reactive ketones (excluding diaryl/α,β-unsaturated/α-hetero) is 1. The molecule has 0 saturated heterocycles. The molecule has 2 aliphatic rings. The standard InChI is InChI=1S/C21H26N2O5/c1-13(24)10-17-21(11-15(22-12-21)18(25)27-5)14-8-6-7-9-16(14)23(17)19(26)28-20(2,3)4/h6-9,12,15,17H,10-11H2,1-5H3/t15-,17-,21-/m0/s1. The third kappa shape index (κ3) is 3.41. The molecule has 0 N–H and O–H groups in total. The minimum Gasteiger partial charge on any atom is -0.467 e. The van der Waals surface area contributed by atoms with Crippen molar-refractivity contribution in [2.75, 3.05) is 12.0 Å². The smallest absolute Gasteiger partial charge is 0.415 e. The molecular weight excluding hydrogens is 360 g/mol. The van der Waals surface area contributed by atoms with Crippen molar-refractivity contribution in [1.29, 1.82) is 0 Å². The van der Waals surface area contributed by atoms with Gasteiger partial charge in [0.15, 0.2) is 0 Å². The number of fused-ring (bicyclic) bond motifs is 2. The van der Waals surface area contributed by atoms with Gasteiger partial charge in [-0.2, -0.15) is 0 Å². The van der Waals surface area contributed by atoms with E-state index in [1.54, 1.807) is 31.9 Å². The summed E-state index contributed by atoms with van der Waals surface area (Å²) in [6.45, 7) is 6.89. The lowest BCUT2D eigenvalue weighted by Gasteiger charge is -2.34. The molecule has 7 heteroatoms. The molecular formula is C21H26N2O5. The van der Waals surface area contributed by atoms with Gasteiger partial charge in [-0.05, 0) is 45.7 Å². The van der Waals surface area contributed by atoms with Crippen LogP contribution < -0.4 is 4.90 Å². The number of rotatable bonds is 3. The highest BCUT2D eigenvalue weighted by molar-refractivity contribution is 6.00. The number of ether oxygens (including phenoxy) is 2. The summed E-state index contributed by atoms with van der Waals surface area (Å²) in [5.74, 6) is -0.483. The van der Waals surface area contributed by atoms with Crippen LogP contribution in [0.5, 0.6) is 0 Å². The van der Waals surface area contributed by atoms with E-state index < -0.39 is 35.2 Å². The maximum absolute atomic E-state index is 13.1. The number of esters is 1. The van der Waals surface area contributed by atoms with Crippen LogP contribution in [-0.4, -0.2) is 48.9 Å². The molecule has 0 unspecified atom stereocenters. The lowest BCUT2D eigenvalue weighted by molar-refractivity contribution is -0.142. The summed E-state index contributed by atoms with van der Waals surface area (Å²) in [4.78, 5) is 43.2. The second-order valence-corrected chi connectivity index (χ2v) is 8.35. The SMILES string of the molecule is COC(=O)[C@@H]1C[C@]2(C=N1)c1ccccc1N(C(=O)OC(C)(C)C)[C@H]2CC(C)=O. The summed E-state index contributed by atoms with van der Waals surface area (Å²) in [6.07, 6.45) is 1.67. The number of nitrogens with zero attached hydrogens (tertiary/aromatic N) is 2. The zero-order valence-corrected chi connectivity index (χ0v) is 16.9. The van der Waals surface area contributed by atoms with E-state index in [9.17, 15) is 14.4 Å². The van der Waals surface area contributed by atoms with Crippen LogP contribution in [0, 0.1) is 0 Å². The molecule has 2 heterocycles. The van der Waals surface area contributed by atoms with Gasteiger partial charge < -0.3 is 9.47 Å². The molecule has 0 radical (unpaired) electrons. The van der Waals surface area contributed by atoms with E-state index in [2.05, 4.69) is 4.99 Å². The van der Waals surface area contributed by atoms with E-state index in [1.807, 2.05) is 24.3 Å². The molecule has 1 spiro atoms. The molecule has 1 amide bonds. The Morgan fingerprint density at radius 1 is 1.25 bits per heavy atom. The van der Waals surface area contributed by atoms with Crippen molar-refractivity contribution in [3.63, 3.8) is 0 Å². The Morgan fingerprint density at radius 2 is 1.93 bits per heavy atom. The Morgan fingerprint density at radius 3 is 2.54 bits per heavy atom. The third-order valence-electron chi connectivity index (χ3n) is 5.13. The van der Waals surface area contributed by atoms with E-state index in [4.69, 9.17) is 9.47 Å². The Kier molecular flexibility index (Phi) is 5.04. The molecule has 1 aromatic carbocycles. The fraction of sp³-hybridized carbons (Fsp3) is 0.524. The van der Waals surface area contributed by atoms with Gasteiger partial charge in [-0.3, -0.25) is 14.7 Å². The zero-order valence-electron chi connectivity index (χ0n) is 16.9. The van der Waals surface area contributed by atoms with Crippen molar-refractivity contribution in [2.45, 2.75) is 63.6 Å². The number of hydrogen-bond acceptors (Lipinski definition) is 6. The van der Waals surface area contributed by atoms with Crippen molar-refractivity contribution in [2.24, 2.45) is 4.99 Å². The van der Waals surface area contributed by atoms with Crippen molar-refractivity contribution in [3.05, 3.63) is 29.8 Å². The fourth-order valence-corrected chi connectivity index (χ4v) is 4.07. The molecule has 28 heavy (non-hydrogen) atoms. The van der Waals surface area contributed by atoms with Gasteiger partial charge in [0.25, 0.3) is 0 Å². The number of anilines is 1. The van der Waals surface area contributed by atoms with Crippen molar-refractivity contribution < 1.29 is 23.9 Å². The van der Waals surface area contributed by atoms with Crippen LogP contribution in [-0.2, 0) is 24.5 Å². The van der Waals surface area contributed by atoms with Crippen LogP contribution in [0.25, 0.3) is 0 Å².